The Morgan fingerprint density at radius 1 is 1.11 bits per heavy atom. The maximum Gasteiger partial charge on any atom is 0.233 e. The van der Waals surface area contributed by atoms with Gasteiger partial charge in [0.15, 0.2) is 0 Å². The molecule has 0 atom stereocenters. The van der Waals surface area contributed by atoms with E-state index in [0.717, 1.165) is 46.4 Å². The van der Waals surface area contributed by atoms with Crippen molar-refractivity contribution in [1.29, 1.82) is 0 Å². The molecule has 0 radical (unpaired) electrons. The number of fused-ring (bicyclic) bond motifs is 1. The topological polar surface area (TPSA) is 46.1 Å². The molecule has 1 aliphatic rings. The number of halogens is 1. The first-order chi connectivity index (χ1) is 13.2. The van der Waals surface area contributed by atoms with E-state index in [1.54, 1.807) is 12.1 Å². The van der Waals surface area contributed by atoms with Gasteiger partial charge in [0.05, 0.1) is 5.75 Å². The fraction of sp³-hybridized carbons (Fsp3) is 0.286. The smallest absolute Gasteiger partial charge is 0.233 e. The van der Waals surface area contributed by atoms with Crippen molar-refractivity contribution in [3.8, 4) is 11.3 Å². The van der Waals surface area contributed by atoms with Gasteiger partial charge in [-0.15, -0.1) is 10.2 Å². The van der Waals surface area contributed by atoms with Gasteiger partial charge in [-0.1, -0.05) is 36.0 Å². The number of nitrogens with zero attached hydrogens (tertiary/aromatic N) is 3. The molecule has 138 valence electrons. The molecule has 0 bridgehead atoms. The van der Waals surface area contributed by atoms with Crippen LogP contribution in [0.1, 0.15) is 19.8 Å². The first-order valence-electron chi connectivity index (χ1n) is 9.11. The zero-order valence-corrected chi connectivity index (χ0v) is 15.9. The lowest BCUT2D eigenvalue weighted by Gasteiger charge is -2.20. The van der Waals surface area contributed by atoms with Crippen LogP contribution in [0.5, 0.6) is 0 Å². The monoisotopic (exact) mass is 381 g/mol. The first-order valence-corrected chi connectivity index (χ1v) is 10.1. The van der Waals surface area contributed by atoms with Gasteiger partial charge in [-0.05, 0) is 44.0 Å². The molecule has 1 saturated carbocycles. The minimum absolute atomic E-state index is 0.151. The molecule has 1 aromatic heterocycles. The van der Waals surface area contributed by atoms with Crippen LogP contribution in [0, 0.1) is 5.82 Å². The molecule has 4 rings (SSSR count). The van der Waals surface area contributed by atoms with Crippen molar-refractivity contribution in [2.24, 2.45) is 0 Å². The Morgan fingerprint density at radius 2 is 1.81 bits per heavy atom. The first kappa shape index (κ1) is 17.9. The van der Waals surface area contributed by atoms with Gasteiger partial charge in [0.2, 0.25) is 5.91 Å². The molecule has 2 aromatic carbocycles. The van der Waals surface area contributed by atoms with Gasteiger partial charge >= 0.3 is 0 Å². The zero-order chi connectivity index (χ0) is 18.8. The summed E-state index contributed by atoms with van der Waals surface area (Å²) < 4.78 is 13.2. The number of amides is 1. The average Bonchev–Trinajstić information content (AvgIpc) is 3.52. The number of hydrogen-bond acceptors (Lipinski definition) is 4. The summed E-state index contributed by atoms with van der Waals surface area (Å²) >= 11 is 1.43. The molecule has 0 aliphatic heterocycles. The fourth-order valence-corrected chi connectivity index (χ4v) is 4.10. The van der Waals surface area contributed by atoms with E-state index in [1.165, 1.54) is 23.9 Å². The van der Waals surface area contributed by atoms with Crippen molar-refractivity contribution >= 4 is 28.4 Å². The summed E-state index contributed by atoms with van der Waals surface area (Å²) in [6.45, 7) is 2.77. The molecule has 3 aromatic rings. The molecule has 0 spiro atoms. The van der Waals surface area contributed by atoms with Crippen molar-refractivity contribution in [3.05, 3.63) is 54.3 Å². The van der Waals surface area contributed by atoms with Crippen LogP contribution in [-0.4, -0.2) is 39.3 Å². The van der Waals surface area contributed by atoms with Crippen LogP contribution in [0.3, 0.4) is 0 Å². The molecule has 1 amide bonds. The quantitative estimate of drug-likeness (QED) is 0.588. The van der Waals surface area contributed by atoms with Crippen LogP contribution in [0.4, 0.5) is 4.39 Å². The van der Waals surface area contributed by atoms with Crippen molar-refractivity contribution < 1.29 is 9.18 Å². The molecular formula is C21H20FN3OS. The Hall–Kier alpha value is -2.47. The third kappa shape index (κ3) is 3.81. The number of thioether (sulfide) groups is 1. The number of aromatic nitrogens is 2. The van der Waals surface area contributed by atoms with E-state index >= 15 is 0 Å². The number of rotatable bonds is 6. The fourth-order valence-electron chi connectivity index (χ4n) is 3.24. The van der Waals surface area contributed by atoms with E-state index in [9.17, 15) is 9.18 Å². The van der Waals surface area contributed by atoms with Gasteiger partial charge in [-0.3, -0.25) is 4.79 Å². The summed E-state index contributed by atoms with van der Waals surface area (Å²) in [5.74, 6) is 0.232. The summed E-state index contributed by atoms with van der Waals surface area (Å²) in [7, 11) is 0. The van der Waals surface area contributed by atoms with Gasteiger partial charge in [0.1, 0.15) is 16.5 Å². The Balaban J connectivity index is 1.62. The van der Waals surface area contributed by atoms with Crippen LogP contribution in [0.15, 0.2) is 53.6 Å². The summed E-state index contributed by atoms with van der Waals surface area (Å²) in [6.07, 6.45) is 2.22. The highest BCUT2D eigenvalue weighted by molar-refractivity contribution is 8.00. The highest BCUT2D eigenvalue weighted by atomic mass is 32.2. The van der Waals surface area contributed by atoms with E-state index in [0.29, 0.717) is 11.8 Å². The van der Waals surface area contributed by atoms with Gasteiger partial charge in [-0.2, -0.15) is 0 Å². The highest BCUT2D eigenvalue weighted by Gasteiger charge is 2.31. The molecule has 0 saturated heterocycles. The van der Waals surface area contributed by atoms with E-state index in [-0.39, 0.29) is 11.7 Å². The maximum absolute atomic E-state index is 13.2. The largest absolute Gasteiger partial charge is 0.339 e. The summed E-state index contributed by atoms with van der Waals surface area (Å²) in [5, 5.41) is 11.4. The normalized spacial score (nSPS) is 13.7. The number of carbonyl (C=O) groups excluding carboxylic acids is 1. The molecule has 4 nitrogen and oxygen atoms in total. The standard InChI is InChI=1S/C21H20FN3OS/c1-2-25(16-11-12-16)19(26)13-27-21-18-6-4-3-5-17(18)20(23-24-21)14-7-9-15(22)10-8-14/h3-10,16H,2,11-13H2,1H3. The number of benzene rings is 2. The Morgan fingerprint density at radius 3 is 2.48 bits per heavy atom. The second-order valence-corrected chi connectivity index (χ2v) is 7.57. The lowest BCUT2D eigenvalue weighted by atomic mass is 10.1. The van der Waals surface area contributed by atoms with Crippen LogP contribution in [0.25, 0.3) is 22.0 Å². The van der Waals surface area contributed by atoms with Crippen molar-refractivity contribution in [2.45, 2.75) is 30.8 Å². The predicted octanol–water partition coefficient (Wildman–Crippen LogP) is 4.54. The van der Waals surface area contributed by atoms with E-state index < -0.39 is 0 Å². The predicted molar refractivity (Wildman–Crippen MR) is 106 cm³/mol. The second kappa shape index (κ2) is 7.64. The van der Waals surface area contributed by atoms with Crippen molar-refractivity contribution in [1.82, 2.24) is 15.1 Å². The lowest BCUT2D eigenvalue weighted by Crippen LogP contribution is -2.34. The van der Waals surface area contributed by atoms with Crippen LogP contribution in [-0.2, 0) is 4.79 Å². The molecule has 0 unspecified atom stereocenters. The van der Waals surface area contributed by atoms with Gasteiger partial charge < -0.3 is 4.90 Å². The third-order valence-corrected chi connectivity index (χ3v) is 5.72. The van der Waals surface area contributed by atoms with Crippen LogP contribution < -0.4 is 0 Å². The Labute approximate surface area is 161 Å². The zero-order valence-electron chi connectivity index (χ0n) is 15.1. The van der Waals surface area contributed by atoms with E-state index in [2.05, 4.69) is 10.2 Å². The average molecular weight is 381 g/mol. The molecular weight excluding hydrogens is 361 g/mol. The van der Waals surface area contributed by atoms with Gasteiger partial charge in [-0.25, -0.2) is 4.39 Å². The maximum atomic E-state index is 13.2. The second-order valence-electron chi connectivity index (χ2n) is 6.61. The Kier molecular flexibility index (Phi) is 5.07. The number of carbonyl (C=O) groups is 1. The van der Waals surface area contributed by atoms with E-state index in [1.807, 2.05) is 36.1 Å². The molecule has 6 heteroatoms. The Bertz CT molecular complexity index is 973. The highest BCUT2D eigenvalue weighted by Crippen LogP contribution is 2.33. The molecule has 1 aliphatic carbocycles. The lowest BCUT2D eigenvalue weighted by molar-refractivity contribution is -0.128. The van der Waals surface area contributed by atoms with Crippen molar-refractivity contribution in [3.63, 3.8) is 0 Å². The van der Waals surface area contributed by atoms with Crippen molar-refractivity contribution in [2.75, 3.05) is 12.3 Å². The van der Waals surface area contributed by atoms with Gasteiger partial charge in [0, 0.05) is 28.9 Å². The van der Waals surface area contributed by atoms with E-state index in [4.69, 9.17) is 0 Å². The summed E-state index contributed by atoms with van der Waals surface area (Å²) in [6, 6.07) is 14.5. The van der Waals surface area contributed by atoms with Crippen LogP contribution >= 0.6 is 11.8 Å². The minimum atomic E-state index is -0.280. The molecule has 27 heavy (non-hydrogen) atoms. The minimum Gasteiger partial charge on any atom is -0.339 e. The molecule has 1 fully saturated rings. The van der Waals surface area contributed by atoms with Gasteiger partial charge in [0.25, 0.3) is 0 Å². The SMILES string of the molecule is CCN(C(=O)CSc1nnc(-c2ccc(F)cc2)c2ccccc12)C1CC1. The summed E-state index contributed by atoms with van der Waals surface area (Å²) in [4.78, 5) is 14.5. The summed E-state index contributed by atoms with van der Waals surface area (Å²) in [5.41, 5.74) is 1.54. The third-order valence-electron chi connectivity index (χ3n) is 4.75. The molecule has 0 N–H and O–H groups in total. The molecule has 1 heterocycles. The van der Waals surface area contributed by atoms with Crippen LogP contribution in [0.2, 0.25) is 0 Å². The number of hydrogen-bond donors (Lipinski definition) is 0.